The van der Waals surface area contributed by atoms with Crippen LogP contribution in [0.4, 0.5) is 14.5 Å². The topological polar surface area (TPSA) is 74.9 Å². The lowest BCUT2D eigenvalue weighted by atomic mass is 9.85. The number of allylic oxidation sites excluding steroid dienone is 2. The van der Waals surface area contributed by atoms with Crippen LogP contribution in [0, 0.1) is 5.92 Å². The number of alkyl halides is 2. The standard InChI is InChI=1S/C23H27F2N3O2/c1-23(24,25)13-15-3-2-4-16(11-15)21-22-19(27-28-21)12-20(30)18(26-22)10-7-14-5-8-17(29)9-6-14/h4,11-12,14,21,30H,2-3,5-10,13H2,1H3. The van der Waals surface area contributed by atoms with Crippen molar-refractivity contribution in [2.24, 2.45) is 16.1 Å². The van der Waals surface area contributed by atoms with Crippen LogP contribution in [0.25, 0.3) is 0 Å². The lowest BCUT2D eigenvalue weighted by molar-refractivity contribution is -0.121. The third-order valence-electron chi connectivity index (χ3n) is 6.15. The summed E-state index contributed by atoms with van der Waals surface area (Å²) in [6.07, 6.45) is 9.51. The molecule has 3 aliphatic rings. The lowest BCUT2D eigenvalue weighted by Crippen LogP contribution is -2.14. The lowest BCUT2D eigenvalue weighted by Gasteiger charge is -2.21. The number of hydrogen-bond donors (Lipinski definition) is 1. The number of aryl methyl sites for hydroxylation is 1. The molecule has 2 heterocycles. The fourth-order valence-corrected chi connectivity index (χ4v) is 4.56. The number of carbonyl (C=O) groups is 1. The SMILES string of the molecule is CC(F)(F)CC1=CC(C2N=Nc3cc(O)c(CCC4CCC(=O)CC4)nc32)=CCC1. The Morgan fingerprint density at radius 3 is 2.73 bits per heavy atom. The van der Waals surface area contributed by atoms with Crippen molar-refractivity contribution < 1.29 is 18.7 Å². The van der Waals surface area contributed by atoms with Gasteiger partial charge in [-0.2, -0.15) is 10.2 Å². The number of rotatable bonds is 6. The first kappa shape index (κ1) is 20.8. The minimum Gasteiger partial charge on any atom is -0.506 e. The second kappa shape index (κ2) is 8.36. The van der Waals surface area contributed by atoms with Crippen LogP contribution in [-0.4, -0.2) is 21.8 Å². The van der Waals surface area contributed by atoms with Gasteiger partial charge in [-0.05, 0) is 56.9 Å². The van der Waals surface area contributed by atoms with Crippen molar-refractivity contribution in [3.63, 3.8) is 0 Å². The smallest absolute Gasteiger partial charge is 0.249 e. The van der Waals surface area contributed by atoms with E-state index in [1.54, 1.807) is 6.07 Å². The first-order chi connectivity index (χ1) is 14.3. The molecule has 1 N–H and O–H groups in total. The quantitative estimate of drug-likeness (QED) is 0.592. The van der Waals surface area contributed by atoms with E-state index < -0.39 is 12.0 Å². The Balaban J connectivity index is 1.50. The molecule has 0 saturated heterocycles. The molecule has 1 aromatic rings. The number of azo groups is 1. The predicted octanol–water partition coefficient (Wildman–Crippen LogP) is 6.31. The Morgan fingerprint density at radius 1 is 1.23 bits per heavy atom. The average molecular weight is 415 g/mol. The maximum Gasteiger partial charge on any atom is 0.249 e. The van der Waals surface area contributed by atoms with Crippen LogP contribution >= 0.6 is 0 Å². The normalized spacial score (nSPS) is 22.1. The Hall–Kier alpha value is -2.44. The van der Waals surface area contributed by atoms with Crippen molar-refractivity contribution in [3.05, 3.63) is 40.8 Å². The van der Waals surface area contributed by atoms with Crippen LogP contribution in [-0.2, 0) is 11.2 Å². The number of carbonyl (C=O) groups excluding carboxylic acids is 1. The van der Waals surface area contributed by atoms with Gasteiger partial charge in [-0.3, -0.25) is 4.79 Å². The van der Waals surface area contributed by atoms with Crippen LogP contribution < -0.4 is 0 Å². The van der Waals surface area contributed by atoms with Crippen molar-refractivity contribution in [2.45, 2.75) is 76.7 Å². The van der Waals surface area contributed by atoms with Crippen molar-refractivity contribution >= 4 is 11.5 Å². The van der Waals surface area contributed by atoms with E-state index in [-0.39, 0.29) is 12.2 Å². The van der Waals surface area contributed by atoms with Crippen LogP contribution in [0.3, 0.4) is 0 Å². The highest BCUT2D eigenvalue weighted by atomic mass is 19.3. The van der Waals surface area contributed by atoms with Gasteiger partial charge < -0.3 is 5.11 Å². The number of fused-ring (bicyclic) bond motifs is 1. The molecule has 30 heavy (non-hydrogen) atoms. The number of Topliss-reactive ketones (excluding diaryl/α,β-unsaturated/α-hetero) is 1. The summed E-state index contributed by atoms with van der Waals surface area (Å²) in [6, 6.07) is 1.19. The summed E-state index contributed by atoms with van der Waals surface area (Å²) in [5.74, 6) is -1.81. The average Bonchev–Trinajstić information content (AvgIpc) is 3.09. The molecular formula is C23H27F2N3O2. The number of aromatic hydroxyl groups is 1. The summed E-state index contributed by atoms with van der Waals surface area (Å²) in [7, 11) is 0. The molecule has 1 atom stereocenters. The maximum atomic E-state index is 13.4. The molecule has 1 aliphatic heterocycles. The highest BCUT2D eigenvalue weighted by molar-refractivity contribution is 5.79. The van der Waals surface area contributed by atoms with Gasteiger partial charge in [-0.15, -0.1) is 0 Å². The van der Waals surface area contributed by atoms with E-state index >= 15 is 0 Å². The molecule has 0 amide bonds. The van der Waals surface area contributed by atoms with Crippen LogP contribution in [0.2, 0.25) is 0 Å². The zero-order chi connectivity index (χ0) is 21.3. The summed E-state index contributed by atoms with van der Waals surface area (Å²) in [6.45, 7) is 0.940. The number of ketones is 1. The largest absolute Gasteiger partial charge is 0.506 e. The molecule has 7 heteroatoms. The third kappa shape index (κ3) is 4.82. The van der Waals surface area contributed by atoms with Crippen molar-refractivity contribution in [1.29, 1.82) is 0 Å². The first-order valence-electron chi connectivity index (χ1n) is 10.7. The second-order valence-electron chi connectivity index (χ2n) is 8.79. The fourth-order valence-electron chi connectivity index (χ4n) is 4.56. The van der Waals surface area contributed by atoms with Crippen molar-refractivity contribution in [3.8, 4) is 5.75 Å². The Kier molecular flexibility index (Phi) is 5.80. The molecule has 1 unspecified atom stereocenters. The van der Waals surface area contributed by atoms with E-state index in [4.69, 9.17) is 0 Å². The van der Waals surface area contributed by atoms with Gasteiger partial charge in [0, 0.05) is 25.3 Å². The molecule has 4 rings (SSSR count). The Bertz CT molecular complexity index is 921. The molecule has 5 nitrogen and oxygen atoms in total. The molecule has 0 spiro atoms. The van der Waals surface area contributed by atoms with Crippen LogP contribution in [0.1, 0.15) is 75.7 Å². The Morgan fingerprint density at radius 2 is 2.00 bits per heavy atom. The number of aromatic nitrogens is 1. The predicted molar refractivity (Wildman–Crippen MR) is 109 cm³/mol. The monoisotopic (exact) mass is 415 g/mol. The summed E-state index contributed by atoms with van der Waals surface area (Å²) in [5.41, 5.74) is 3.39. The van der Waals surface area contributed by atoms with E-state index in [0.717, 1.165) is 37.3 Å². The molecule has 1 saturated carbocycles. The van der Waals surface area contributed by atoms with Gasteiger partial charge >= 0.3 is 0 Å². The van der Waals surface area contributed by atoms with E-state index in [9.17, 15) is 18.7 Å². The fraction of sp³-hybridized carbons (Fsp3) is 0.565. The van der Waals surface area contributed by atoms with Gasteiger partial charge in [0.15, 0.2) is 0 Å². The number of halogens is 2. The van der Waals surface area contributed by atoms with Crippen LogP contribution in [0.5, 0.6) is 5.75 Å². The summed E-state index contributed by atoms with van der Waals surface area (Å²) >= 11 is 0. The van der Waals surface area contributed by atoms with Gasteiger partial charge in [0.05, 0.1) is 11.4 Å². The molecule has 0 radical (unpaired) electrons. The second-order valence-corrected chi connectivity index (χ2v) is 8.79. The zero-order valence-electron chi connectivity index (χ0n) is 17.2. The summed E-state index contributed by atoms with van der Waals surface area (Å²) in [4.78, 5) is 16.1. The minimum absolute atomic E-state index is 0.111. The highest BCUT2D eigenvalue weighted by Gasteiger charge is 2.30. The molecule has 0 aromatic carbocycles. The molecule has 0 bridgehead atoms. The van der Waals surface area contributed by atoms with Gasteiger partial charge in [0.1, 0.15) is 23.3 Å². The molecule has 2 aliphatic carbocycles. The minimum atomic E-state index is -2.73. The number of hydrogen-bond acceptors (Lipinski definition) is 5. The number of pyridine rings is 1. The number of nitrogens with zero attached hydrogens (tertiary/aromatic N) is 3. The van der Waals surface area contributed by atoms with Gasteiger partial charge in [-0.25, -0.2) is 13.8 Å². The Labute approximate surface area is 175 Å². The maximum absolute atomic E-state index is 13.4. The van der Waals surface area contributed by atoms with Crippen molar-refractivity contribution in [1.82, 2.24) is 4.98 Å². The van der Waals surface area contributed by atoms with Gasteiger partial charge in [0.2, 0.25) is 5.92 Å². The molecule has 1 aromatic heterocycles. The van der Waals surface area contributed by atoms with Crippen molar-refractivity contribution in [2.75, 3.05) is 0 Å². The molecular weight excluding hydrogens is 388 g/mol. The van der Waals surface area contributed by atoms with Gasteiger partial charge in [-0.1, -0.05) is 17.7 Å². The van der Waals surface area contributed by atoms with E-state index in [1.165, 1.54) is 0 Å². The van der Waals surface area contributed by atoms with E-state index in [0.29, 0.717) is 60.9 Å². The summed E-state index contributed by atoms with van der Waals surface area (Å²) < 4.78 is 26.9. The molecule has 1 fully saturated rings. The van der Waals surface area contributed by atoms with Crippen LogP contribution in [0.15, 0.2) is 39.6 Å². The van der Waals surface area contributed by atoms with E-state index in [2.05, 4.69) is 15.2 Å². The highest BCUT2D eigenvalue weighted by Crippen LogP contribution is 2.43. The van der Waals surface area contributed by atoms with Gasteiger partial charge in [0.25, 0.3) is 0 Å². The summed E-state index contributed by atoms with van der Waals surface area (Å²) in [5, 5.41) is 18.9. The zero-order valence-corrected chi connectivity index (χ0v) is 17.2. The first-order valence-corrected chi connectivity index (χ1v) is 10.7. The van der Waals surface area contributed by atoms with E-state index in [1.807, 2.05) is 12.2 Å². The molecule has 160 valence electrons. The third-order valence-corrected chi connectivity index (χ3v) is 6.15.